The summed E-state index contributed by atoms with van der Waals surface area (Å²) in [6, 6.07) is 8.54. The minimum atomic E-state index is -4.19. The van der Waals surface area contributed by atoms with Gasteiger partial charge in [0.2, 0.25) is 0 Å². The summed E-state index contributed by atoms with van der Waals surface area (Å²) in [5.74, 6) is 0. The number of hydrogen-bond donors (Lipinski definition) is 0. The van der Waals surface area contributed by atoms with Gasteiger partial charge in [0.15, 0.2) is 5.65 Å². The van der Waals surface area contributed by atoms with Gasteiger partial charge in [-0.15, -0.1) is 0 Å². The molecule has 0 fully saturated rings. The van der Waals surface area contributed by atoms with Crippen molar-refractivity contribution in [2.75, 3.05) is 0 Å². The van der Waals surface area contributed by atoms with Gasteiger partial charge >= 0.3 is 6.18 Å². The number of benzene rings is 1. The summed E-state index contributed by atoms with van der Waals surface area (Å²) in [4.78, 5) is 4.49. The first-order chi connectivity index (χ1) is 12.0. The van der Waals surface area contributed by atoms with Crippen LogP contribution in [-0.4, -0.2) is 20.8 Å². The zero-order chi connectivity index (χ0) is 19.1. The summed E-state index contributed by atoms with van der Waals surface area (Å²) >= 11 is 0. The first-order valence-corrected chi connectivity index (χ1v) is 8.52. The van der Waals surface area contributed by atoms with Crippen LogP contribution in [0.4, 0.5) is 13.2 Å². The highest BCUT2D eigenvalue weighted by molar-refractivity contribution is 5.45. The van der Waals surface area contributed by atoms with Crippen molar-refractivity contribution in [1.29, 1.82) is 0 Å². The number of nitrogens with zero attached hydrogens (tertiary/aromatic N) is 3. The molecule has 0 saturated carbocycles. The van der Waals surface area contributed by atoms with Crippen LogP contribution in [0.2, 0.25) is 0 Å². The van der Waals surface area contributed by atoms with Crippen LogP contribution in [0.1, 0.15) is 48.8 Å². The molecule has 0 aliphatic heterocycles. The first kappa shape index (κ1) is 18.4. The molecule has 0 aliphatic carbocycles. The topological polar surface area (TPSA) is 30.2 Å². The Morgan fingerprint density at radius 2 is 1.62 bits per heavy atom. The monoisotopic (exact) mass is 361 g/mol. The molecular weight excluding hydrogens is 339 g/mol. The predicted octanol–water partition coefficient (Wildman–Crippen LogP) is 5.03. The summed E-state index contributed by atoms with van der Waals surface area (Å²) in [5.41, 5.74) is 4.87. The lowest BCUT2D eigenvalue weighted by molar-refractivity contribution is -0.127. The molecule has 2 aromatic heterocycles. The van der Waals surface area contributed by atoms with Gasteiger partial charge in [0.05, 0.1) is 17.8 Å². The zero-order valence-corrected chi connectivity index (χ0v) is 15.4. The summed E-state index contributed by atoms with van der Waals surface area (Å²) in [6.07, 6.45) is -2.64. The van der Waals surface area contributed by atoms with Crippen molar-refractivity contribution in [3.8, 4) is 0 Å². The van der Waals surface area contributed by atoms with E-state index in [4.69, 9.17) is 0 Å². The largest absolute Gasteiger partial charge is 0.393 e. The molecule has 3 nitrogen and oxygen atoms in total. The van der Waals surface area contributed by atoms with Crippen LogP contribution in [-0.2, 0) is 18.3 Å². The smallest absolute Gasteiger partial charge is 0.237 e. The van der Waals surface area contributed by atoms with Gasteiger partial charge in [-0.05, 0) is 23.6 Å². The Morgan fingerprint density at radius 1 is 1.00 bits per heavy atom. The van der Waals surface area contributed by atoms with Crippen molar-refractivity contribution in [2.24, 2.45) is 0 Å². The molecule has 0 atom stereocenters. The molecular formula is C20H22F3N3. The van der Waals surface area contributed by atoms with E-state index in [1.165, 1.54) is 0 Å². The highest BCUT2D eigenvalue weighted by Gasteiger charge is 2.27. The van der Waals surface area contributed by atoms with Crippen molar-refractivity contribution in [3.05, 3.63) is 64.6 Å². The number of fused-ring (bicyclic) bond motifs is 1. The Kier molecular flexibility index (Phi) is 4.54. The second kappa shape index (κ2) is 6.41. The fourth-order valence-electron chi connectivity index (χ4n) is 3.24. The van der Waals surface area contributed by atoms with E-state index in [-0.39, 0.29) is 11.0 Å². The van der Waals surface area contributed by atoms with Gasteiger partial charge in [-0.1, -0.05) is 45.0 Å². The van der Waals surface area contributed by atoms with E-state index in [0.29, 0.717) is 6.42 Å². The van der Waals surface area contributed by atoms with Gasteiger partial charge in [0.25, 0.3) is 0 Å². The predicted molar refractivity (Wildman–Crippen MR) is 95.4 cm³/mol. The van der Waals surface area contributed by atoms with Crippen LogP contribution >= 0.6 is 0 Å². The van der Waals surface area contributed by atoms with Crippen molar-refractivity contribution >= 4 is 5.65 Å². The van der Waals surface area contributed by atoms with Crippen molar-refractivity contribution in [3.63, 3.8) is 0 Å². The van der Waals surface area contributed by atoms with E-state index < -0.39 is 12.6 Å². The summed E-state index contributed by atoms with van der Waals surface area (Å²) in [5, 5.41) is 4.57. The number of aromatic nitrogens is 3. The third kappa shape index (κ3) is 4.06. The second-order valence-electron chi connectivity index (χ2n) is 7.72. The van der Waals surface area contributed by atoms with Crippen LogP contribution in [0, 0.1) is 6.92 Å². The van der Waals surface area contributed by atoms with E-state index in [9.17, 15) is 13.2 Å². The van der Waals surface area contributed by atoms with Crippen LogP contribution in [0.15, 0.2) is 36.5 Å². The second-order valence-corrected chi connectivity index (χ2v) is 7.72. The molecule has 26 heavy (non-hydrogen) atoms. The lowest BCUT2D eigenvalue weighted by atomic mass is 9.87. The standard InChI is InChI=1S/C20H22F3N3/c1-13-9-17-24-12-16(18(19(2,3)4)26(17)25-13)10-14-5-7-15(8-6-14)11-20(21,22)23/h5-9,12H,10-11H2,1-4H3. The van der Waals surface area contributed by atoms with Crippen molar-refractivity contribution < 1.29 is 13.2 Å². The lowest BCUT2D eigenvalue weighted by Crippen LogP contribution is -2.21. The Morgan fingerprint density at radius 3 is 2.19 bits per heavy atom. The van der Waals surface area contributed by atoms with Gasteiger partial charge in [0, 0.05) is 24.1 Å². The number of alkyl halides is 3. The fourth-order valence-corrected chi connectivity index (χ4v) is 3.24. The average molecular weight is 361 g/mol. The summed E-state index contributed by atoms with van der Waals surface area (Å²) < 4.78 is 39.4. The van der Waals surface area contributed by atoms with Gasteiger partial charge in [-0.25, -0.2) is 9.50 Å². The maximum atomic E-state index is 12.5. The molecule has 3 rings (SSSR count). The molecule has 138 valence electrons. The van der Waals surface area contributed by atoms with E-state index in [1.807, 2.05) is 23.7 Å². The van der Waals surface area contributed by atoms with E-state index in [0.717, 1.165) is 28.2 Å². The highest BCUT2D eigenvalue weighted by atomic mass is 19.4. The van der Waals surface area contributed by atoms with E-state index in [1.54, 1.807) is 24.3 Å². The molecule has 0 N–H and O–H groups in total. The average Bonchev–Trinajstić information content (AvgIpc) is 2.86. The van der Waals surface area contributed by atoms with Crippen molar-refractivity contribution in [1.82, 2.24) is 14.6 Å². The summed E-state index contributed by atoms with van der Waals surface area (Å²) in [7, 11) is 0. The SMILES string of the molecule is Cc1cc2ncc(Cc3ccc(CC(F)(F)F)cc3)c(C(C)(C)C)n2n1. The third-order valence-electron chi connectivity index (χ3n) is 4.21. The zero-order valence-electron chi connectivity index (χ0n) is 15.4. The Hall–Kier alpha value is -2.37. The van der Waals surface area contributed by atoms with Crippen LogP contribution < -0.4 is 0 Å². The Balaban J connectivity index is 1.96. The molecule has 3 aromatic rings. The summed E-state index contributed by atoms with van der Waals surface area (Å²) in [6.45, 7) is 8.29. The molecule has 0 unspecified atom stereocenters. The molecule has 0 amide bonds. The van der Waals surface area contributed by atoms with Gasteiger partial charge in [0.1, 0.15) is 0 Å². The molecule has 0 radical (unpaired) electrons. The van der Waals surface area contributed by atoms with Crippen LogP contribution in [0.25, 0.3) is 5.65 Å². The van der Waals surface area contributed by atoms with Crippen LogP contribution in [0.3, 0.4) is 0 Å². The molecule has 6 heteroatoms. The number of rotatable bonds is 3. The minimum absolute atomic E-state index is 0.148. The normalized spacial score (nSPS) is 12.7. The quantitative estimate of drug-likeness (QED) is 0.655. The Bertz CT molecular complexity index is 916. The van der Waals surface area contributed by atoms with Gasteiger partial charge < -0.3 is 0 Å². The maximum absolute atomic E-state index is 12.5. The first-order valence-electron chi connectivity index (χ1n) is 8.52. The van der Waals surface area contributed by atoms with Gasteiger partial charge in [-0.3, -0.25) is 0 Å². The Labute approximate surface area is 150 Å². The number of aryl methyl sites for hydroxylation is 1. The number of halogens is 3. The van der Waals surface area contributed by atoms with Crippen LogP contribution in [0.5, 0.6) is 0 Å². The van der Waals surface area contributed by atoms with Crippen molar-refractivity contribution in [2.45, 2.75) is 52.1 Å². The fraction of sp³-hybridized carbons (Fsp3) is 0.400. The lowest BCUT2D eigenvalue weighted by Gasteiger charge is -2.23. The minimum Gasteiger partial charge on any atom is -0.237 e. The third-order valence-corrected chi connectivity index (χ3v) is 4.21. The molecule has 0 saturated heterocycles. The molecule has 0 spiro atoms. The van der Waals surface area contributed by atoms with E-state index >= 15 is 0 Å². The molecule has 0 bridgehead atoms. The molecule has 1 aromatic carbocycles. The van der Waals surface area contributed by atoms with E-state index in [2.05, 4.69) is 30.9 Å². The molecule has 2 heterocycles. The highest BCUT2D eigenvalue weighted by Crippen LogP contribution is 2.28. The molecule has 0 aliphatic rings. The maximum Gasteiger partial charge on any atom is 0.393 e. The number of hydrogen-bond acceptors (Lipinski definition) is 2. The van der Waals surface area contributed by atoms with Gasteiger partial charge in [-0.2, -0.15) is 18.3 Å².